The Morgan fingerprint density at radius 2 is 1.80 bits per heavy atom. The first-order valence-electron chi connectivity index (χ1n) is 5.26. The van der Waals surface area contributed by atoms with Gasteiger partial charge in [0.05, 0.1) is 6.42 Å². The Balaban J connectivity index is 4.16. The van der Waals surface area contributed by atoms with Crippen LogP contribution in [0.25, 0.3) is 0 Å². The zero-order valence-corrected chi connectivity index (χ0v) is 10.0. The van der Waals surface area contributed by atoms with Crippen molar-refractivity contribution in [1.82, 2.24) is 4.90 Å². The molecule has 0 bridgehead atoms. The predicted molar refractivity (Wildman–Crippen MR) is 58.6 cm³/mol. The van der Waals surface area contributed by atoms with Gasteiger partial charge in [-0.15, -0.1) is 0 Å². The number of carbonyl (C=O) groups excluding carboxylic acids is 1. The molecule has 0 aliphatic rings. The van der Waals surface area contributed by atoms with Gasteiger partial charge >= 0.3 is 5.97 Å². The van der Waals surface area contributed by atoms with Gasteiger partial charge < -0.3 is 10.0 Å². The highest BCUT2D eigenvalue weighted by Crippen LogP contribution is 2.19. The lowest BCUT2D eigenvalue weighted by molar-refractivity contribution is -0.138. The topological polar surface area (TPSA) is 57.6 Å². The van der Waals surface area contributed by atoms with Gasteiger partial charge in [-0.3, -0.25) is 9.59 Å². The first kappa shape index (κ1) is 13.9. The summed E-state index contributed by atoms with van der Waals surface area (Å²) in [6, 6.07) is 0. The van der Waals surface area contributed by atoms with E-state index in [2.05, 4.69) is 0 Å². The lowest BCUT2D eigenvalue weighted by atomic mass is 9.91. The zero-order valence-electron chi connectivity index (χ0n) is 10.0. The van der Waals surface area contributed by atoms with Crippen LogP contribution in [0.5, 0.6) is 0 Å². The third kappa shape index (κ3) is 6.94. The van der Waals surface area contributed by atoms with Crippen LogP contribution in [0.4, 0.5) is 0 Å². The van der Waals surface area contributed by atoms with Crippen LogP contribution in [0.3, 0.4) is 0 Å². The number of carboxylic acid groups (broad SMARTS) is 1. The molecule has 0 aliphatic heterocycles. The normalized spacial score (nSPS) is 11.2. The van der Waals surface area contributed by atoms with Gasteiger partial charge in [-0.25, -0.2) is 0 Å². The van der Waals surface area contributed by atoms with Crippen LogP contribution in [0, 0.1) is 5.41 Å². The van der Waals surface area contributed by atoms with Crippen LogP contribution in [0.15, 0.2) is 0 Å². The number of amides is 1. The summed E-state index contributed by atoms with van der Waals surface area (Å²) < 4.78 is 0. The Kier molecular flexibility index (Phi) is 5.33. The fourth-order valence-electron chi connectivity index (χ4n) is 1.26. The molecule has 0 fully saturated rings. The van der Waals surface area contributed by atoms with Crippen molar-refractivity contribution < 1.29 is 14.7 Å². The van der Waals surface area contributed by atoms with Crippen molar-refractivity contribution in [3.63, 3.8) is 0 Å². The molecule has 0 radical (unpaired) electrons. The molecular formula is C11H21NO3. The molecule has 0 aromatic rings. The fourth-order valence-corrected chi connectivity index (χ4v) is 1.26. The van der Waals surface area contributed by atoms with E-state index < -0.39 is 5.97 Å². The van der Waals surface area contributed by atoms with Crippen molar-refractivity contribution >= 4 is 11.9 Å². The molecule has 4 heteroatoms. The maximum atomic E-state index is 11.7. The molecule has 0 heterocycles. The Morgan fingerprint density at radius 1 is 1.27 bits per heavy atom. The van der Waals surface area contributed by atoms with E-state index in [1.54, 1.807) is 4.90 Å². The number of aliphatic carboxylic acids is 1. The van der Waals surface area contributed by atoms with Crippen LogP contribution in [-0.2, 0) is 9.59 Å². The minimum atomic E-state index is -0.864. The molecular weight excluding hydrogens is 194 g/mol. The standard InChI is InChI=1S/C11H21NO3/c1-5-12(7-6-10(14)15)9(13)8-11(2,3)4/h5-8H2,1-4H3,(H,14,15). The third-order valence-electron chi connectivity index (χ3n) is 2.01. The van der Waals surface area contributed by atoms with E-state index in [0.717, 1.165) is 0 Å². The summed E-state index contributed by atoms with van der Waals surface area (Å²) in [5, 5.41) is 8.53. The van der Waals surface area contributed by atoms with Crippen molar-refractivity contribution in [3.8, 4) is 0 Å². The molecule has 0 saturated heterocycles. The van der Waals surface area contributed by atoms with Gasteiger partial charge in [-0.05, 0) is 12.3 Å². The number of carbonyl (C=O) groups is 2. The highest BCUT2D eigenvalue weighted by Gasteiger charge is 2.20. The maximum absolute atomic E-state index is 11.7. The van der Waals surface area contributed by atoms with E-state index in [9.17, 15) is 9.59 Å². The number of carboxylic acids is 1. The molecule has 1 N–H and O–H groups in total. The summed E-state index contributed by atoms with van der Waals surface area (Å²) in [6.45, 7) is 8.73. The number of hydrogen-bond donors (Lipinski definition) is 1. The maximum Gasteiger partial charge on any atom is 0.305 e. The first-order chi connectivity index (χ1) is 6.76. The molecule has 0 aromatic carbocycles. The van der Waals surface area contributed by atoms with E-state index >= 15 is 0 Å². The fraction of sp³-hybridized carbons (Fsp3) is 0.818. The number of rotatable bonds is 5. The molecule has 0 aliphatic carbocycles. The molecule has 4 nitrogen and oxygen atoms in total. The van der Waals surface area contributed by atoms with Crippen LogP contribution in [0.2, 0.25) is 0 Å². The summed E-state index contributed by atoms with van der Waals surface area (Å²) in [6.07, 6.45) is 0.476. The molecule has 0 saturated carbocycles. The summed E-state index contributed by atoms with van der Waals surface area (Å²) in [5.74, 6) is -0.830. The Morgan fingerprint density at radius 3 is 2.13 bits per heavy atom. The number of nitrogens with zero attached hydrogens (tertiary/aromatic N) is 1. The van der Waals surface area contributed by atoms with Crippen molar-refractivity contribution in [3.05, 3.63) is 0 Å². The van der Waals surface area contributed by atoms with Gasteiger partial charge in [-0.2, -0.15) is 0 Å². The molecule has 0 atom stereocenters. The second-order valence-electron chi connectivity index (χ2n) is 4.85. The molecule has 0 spiro atoms. The summed E-state index contributed by atoms with van der Waals surface area (Å²) in [5.41, 5.74) is -0.0479. The Hall–Kier alpha value is -1.06. The molecule has 0 aromatic heterocycles. The lowest BCUT2D eigenvalue weighted by Crippen LogP contribution is -2.35. The van der Waals surface area contributed by atoms with Crippen LogP contribution >= 0.6 is 0 Å². The first-order valence-corrected chi connectivity index (χ1v) is 5.26. The van der Waals surface area contributed by atoms with Crippen LogP contribution in [0.1, 0.15) is 40.5 Å². The summed E-state index contributed by atoms with van der Waals surface area (Å²) in [4.78, 5) is 23.7. The molecule has 15 heavy (non-hydrogen) atoms. The largest absolute Gasteiger partial charge is 0.481 e. The van der Waals surface area contributed by atoms with Gasteiger partial charge in [0.1, 0.15) is 0 Å². The highest BCUT2D eigenvalue weighted by molar-refractivity contribution is 5.77. The molecule has 88 valence electrons. The SMILES string of the molecule is CCN(CCC(=O)O)C(=O)CC(C)(C)C. The minimum absolute atomic E-state index is 0.0176. The highest BCUT2D eigenvalue weighted by atomic mass is 16.4. The number of hydrogen-bond acceptors (Lipinski definition) is 2. The Labute approximate surface area is 91.3 Å². The van der Waals surface area contributed by atoms with E-state index in [1.807, 2.05) is 27.7 Å². The minimum Gasteiger partial charge on any atom is -0.481 e. The van der Waals surface area contributed by atoms with Crippen molar-refractivity contribution in [1.29, 1.82) is 0 Å². The molecule has 0 unspecified atom stereocenters. The van der Waals surface area contributed by atoms with Crippen molar-refractivity contribution in [2.24, 2.45) is 5.41 Å². The van der Waals surface area contributed by atoms with Crippen LogP contribution < -0.4 is 0 Å². The molecule has 0 rings (SSSR count). The third-order valence-corrected chi connectivity index (χ3v) is 2.01. The van der Waals surface area contributed by atoms with E-state index in [4.69, 9.17) is 5.11 Å². The van der Waals surface area contributed by atoms with Crippen molar-refractivity contribution in [2.75, 3.05) is 13.1 Å². The van der Waals surface area contributed by atoms with E-state index in [0.29, 0.717) is 19.5 Å². The summed E-state index contributed by atoms with van der Waals surface area (Å²) >= 11 is 0. The lowest BCUT2D eigenvalue weighted by Gasteiger charge is -2.25. The van der Waals surface area contributed by atoms with E-state index in [1.165, 1.54) is 0 Å². The predicted octanol–water partition coefficient (Wildman–Crippen LogP) is 1.75. The van der Waals surface area contributed by atoms with Gasteiger partial charge in [0, 0.05) is 19.5 Å². The zero-order chi connectivity index (χ0) is 12.1. The monoisotopic (exact) mass is 215 g/mol. The van der Waals surface area contributed by atoms with E-state index in [-0.39, 0.29) is 17.7 Å². The second-order valence-corrected chi connectivity index (χ2v) is 4.85. The van der Waals surface area contributed by atoms with Gasteiger partial charge in [0.2, 0.25) is 5.91 Å². The van der Waals surface area contributed by atoms with Crippen molar-refractivity contribution in [2.45, 2.75) is 40.5 Å². The second kappa shape index (κ2) is 5.73. The van der Waals surface area contributed by atoms with Gasteiger partial charge in [0.25, 0.3) is 0 Å². The molecule has 1 amide bonds. The smallest absolute Gasteiger partial charge is 0.305 e. The van der Waals surface area contributed by atoms with Gasteiger partial charge in [-0.1, -0.05) is 20.8 Å². The quantitative estimate of drug-likeness (QED) is 0.760. The van der Waals surface area contributed by atoms with Gasteiger partial charge in [0.15, 0.2) is 0 Å². The average Bonchev–Trinajstić information content (AvgIpc) is 2.01. The Bertz CT molecular complexity index is 230. The average molecular weight is 215 g/mol. The summed E-state index contributed by atoms with van der Waals surface area (Å²) in [7, 11) is 0. The van der Waals surface area contributed by atoms with Crippen LogP contribution in [-0.4, -0.2) is 35.0 Å².